The molecule has 0 aliphatic rings. The van der Waals surface area contributed by atoms with Crippen molar-refractivity contribution in [1.82, 2.24) is 0 Å². The number of benzene rings is 4. The predicted octanol–water partition coefficient (Wildman–Crippen LogP) is 7.17. The van der Waals surface area contributed by atoms with Crippen LogP contribution < -0.4 is 4.74 Å². The van der Waals surface area contributed by atoms with E-state index in [9.17, 15) is 31.4 Å². The molecule has 4 aromatic rings. The highest BCUT2D eigenvalue weighted by Gasteiger charge is 2.71. The first-order chi connectivity index (χ1) is 16.5. The van der Waals surface area contributed by atoms with Crippen LogP contribution in [0.1, 0.15) is 0 Å². The molecule has 0 saturated heterocycles. The molecule has 0 bridgehead atoms. The Morgan fingerprint density at radius 1 is 0.600 bits per heavy atom. The highest BCUT2D eigenvalue weighted by atomic mass is 32.2. The van der Waals surface area contributed by atoms with Gasteiger partial charge < -0.3 is 9.84 Å². The first kappa shape index (κ1) is 24.9. The lowest BCUT2D eigenvalue weighted by Gasteiger charge is -2.31. The fraction of sp³-hybridized carbons (Fsp3) is 0.154. The zero-order chi connectivity index (χ0) is 25.3. The molecular formula is C26H19F6O2S+. The van der Waals surface area contributed by atoms with Crippen LogP contribution in [-0.4, -0.2) is 29.7 Å². The summed E-state index contributed by atoms with van der Waals surface area (Å²) >= 11 is 0. The first-order valence-corrected chi connectivity index (χ1v) is 11.6. The van der Waals surface area contributed by atoms with Crippen LogP contribution in [0.2, 0.25) is 0 Å². The Morgan fingerprint density at radius 2 is 1.11 bits per heavy atom. The van der Waals surface area contributed by atoms with Gasteiger partial charge in [0.25, 0.3) is 5.60 Å². The van der Waals surface area contributed by atoms with Crippen molar-refractivity contribution in [3.05, 3.63) is 97.1 Å². The molecule has 1 atom stereocenters. The summed E-state index contributed by atoms with van der Waals surface area (Å²) in [6.45, 7) is -2.01. The molecular weight excluding hydrogens is 490 g/mol. The molecule has 0 amide bonds. The molecule has 2 nitrogen and oxygen atoms in total. The maximum Gasteiger partial charge on any atom is 0.429 e. The monoisotopic (exact) mass is 509 g/mol. The van der Waals surface area contributed by atoms with Gasteiger partial charge in [0.15, 0.2) is 14.7 Å². The number of fused-ring (bicyclic) bond motifs is 1. The van der Waals surface area contributed by atoms with E-state index in [1.165, 1.54) is 12.1 Å². The Kier molecular flexibility index (Phi) is 6.75. The number of aliphatic hydroxyl groups is 1. The molecule has 1 N–H and O–H groups in total. The molecule has 0 spiro atoms. The second-order valence-corrected chi connectivity index (χ2v) is 9.77. The van der Waals surface area contributed by atoms with Crippen molar-refractivity contribution in [2.45, 2.75) is 32.6 Å². The molecule has 0 aromatic heterocycles. The first-order valence-electron chi connectivity index (χ1n) is 10.4. The van der Waals surface area contributed by atoms with E-state index in [2.05, 4.69) is 6.07 Å². The molecule has 0 aliphatic carbocycles. The van der Waals surface area contributed by atoms with Gasteiger partial charge in [-0.05, 0) is 59.3 Å². The van der Waals surface area contributed by atoms with E-state index < -0.39 is 35.5 Å². The highest BCUT2D eigenvalue weighted by Crippen LogP contribution is 2.43. The van der Waals surface area contributed by atoms with Gasteiger partial charge >= 0.3 is 12.4 Å². The minimum Gasteiger partial charge on any atom is -0.490 e. The van der Waals surface area contributed by atoms with E-state index in [0.717, 1.165) is 25.5 Å². The number of rotatable bonds is 6. The van der Waals surface area contributed by atoms with Crippen LogP contribution in [0.4, 0.5) is 26.3 Å². The van der Waals surface area contributed by atoms with Crippen molar-refractivity contribution in [2.75, 3.05) is 6.61 Å². The topological polar surface area (TPSA) is 29.5 Å². The normalized spacial score (nSPS) is 13.6. The van der Waals surface area contributed by atoms with Crippen molar-refractivity contribution < 1.29 is 36.2 Å². The van der Waals surface area contributed by atoms with Crippen molar-refractivity contribution in [3.63, 3.8) is 0 Å². The molecule has 35 heavy (non-hydrogen) atoms. The van der Waals surface area contributed by atoms with E-state index >= 15 is 0 Å². The van der Waals surface area contributed by atoms with Crippen molar-refractivity contribution in [3.8, 4) is 5.75 Å². The largest absolute Gasteiger partial charge is 0.490 e. The summed E-state index contributed by atoms with van der Waals surface area (Å²) in [5.41, 5.74) is -4.97. The molecule has 4 rings (SSSR count). The average molecular weight is 509 g/mol. The summed E-state index contributed by atoms with van der Waals surface area (Å²) < 4.78 is 82.2. The standard InChI is InChI=1S/C26H19F6O2S/c27-25(28,29)24(33,26(30,31)32)17-34-20-11-14-22(15-12-20)35(21-8-2-1-3-9-21)23-13-10-18-6-4-5-7-19(18)16-23/h1-16,33H,17H2/q+1. The molecule has 0 heterocycles. The third-order valence-corrected chi connectivity index (χ3v) is 7.59. The third kappa shape index (κ3) is 5.11. The van der Waals surface area contributed by atoms with Gasteiger partial charge in [-0.15, -0.1) is 0 Å². The molecule has 9 heteroatoms. The van der Waals surface area contributed by atoms with E-state index in [-0.39, 0.29) is 5.75 Å². The van der Waals surface area contributed by atoms with Gasteiger partial charge in [0.05, 0.1) is 10.9 Å². The Labute approximate surface area is 200 Å². The molecule has 182 valence electrons. The van der Waals surface area contributed by atoms with Gasteiger partial charge in [0.2, 0.25) is 0 Å². The molecule has 0 fully saturated rings. The van der Waals surface area contributed by atoms with Crippen LogP contribution in [0.5, 0.6) is 5.75 Å². The number of ether oxygens (including phenoxy) is 1. The Balaban J connectivity index is 1.65. The lowest BCUT2D eigenvalue weighted by atomic mass is 10.0. The van der Waals surface area contributed by atoms with Crippen LogP contribution in [0.3, 0.4) is 0 Å². The van der Waals surface area contributed by atoms with Gasteiger partial charge in [0, 0.05) is 6.07 Å². The fourth-order valence-corrected chi connectivity index (χ4v) is 5.55. The molecule has 1 unspecified atom stereocenters. The van der Waals surface area contributed by atoms with Crippen LogP contribution in [0.25, 0.3) is 10.8 Å². The smallest absolute Gasteiger partial charge is 0.429 e. The van der Waals surface area contributed by atoms with Gasteiger partial charge in [-0.2, -0.15) is 26.3 Å². The van der Waals surface area contributed by atoms with Crippen LogP contribution in [0, 0.1) is 0 Å². The van der Waals surface area contributed by atoms with Crippen LogP contribution in [0.15, 0.2) is 112 Å². The SMILES string of the molecule is OC(COc1ccc([S+](c2ccccc2)c2ccc3ccccc3c2)cc1)(C(F)(F)F)C(F)(F)F. The summed E-state index contributed by atoms with van der Waals surface area (Å²) in [6, 6.07) is 29.3. The second kappa shape index (κ2) is 9.47. The lowest BCUT2D eigenvalue weighted by Crippen LogP contribution is -2.60. The van der Waals surface area contributed by atoms with E-state index in [4.69, 9.17) is 4.74 Å². The average Bonchev–Trinajstić information content (AvgIpc) is 2.82. The maximum atomic E-state index is 12.9. The molecule has 0 aliphatic heterocycles. The number of hydrogen-bond donors (Lipinski definition) is 1. The summed E-state index contributed by atoms with van der Waals surface area (Å²) in [7, 11) is -0.593. The van der Waals surface area contributed by atoms with Gasteiger partial charge in [0.1, 0.15) is 12.4 Å². The Hall–Kier alpha value is -3.17. The van der Waals surface area contributed by atoms with Gasteiger partial charge in [-0.1, -0.05) is 42.5 Å². The van der Waals surface area contributed by atoms with E-state index in [0.29, 0.717) is 0 Å². The summed E-state index contributed by atoms with van der Waals surface area (Å²) in [5, 5.41) is 11.4. The number of hydrogen-bond acceptors (Lipinski definition) is 2. The predicted molar refractivity (Wildman–Crippen MR) is 122 cm³/mol. The van der Waals surface area contributed by atoms with E-state index in [1.807, 2.05) is 66.7 Å². The Bertz CT molecular complexity index is 1270. The van der Waals surface area contributed by atoms with Gasteiger partial charge in [-0.25, -0.2) is 0 Å². The van der Waals surface area contributed by atoms with Crippen LogP contribution >= 0.6 is 0 Å². The molecule has 0 radical (unpaired) electrons. The highest BCUT2D eigenvalue weighted by molar-refractivity contribution is 7.97. The van der Waals surface area contributed by atoms with E-state index in [1.54, 1.807) is 12.1 Å². The second-order valence-electron chi connectivity index (χ2n) is 7.74. The minimum atomic E-state index is -5.94. The lowest BCUT2D eigenvalue weighted by molar-refractivity contribution is -0.373. The fourth-order valence-electron chi connectivity index (χ4n) is 3.44. The third-order valence-electron chi connectivity index (χ3n) is 5.38. The quantitative estimate of drug-likeness (QED) is 0.221. The Morgan fingerprint density at radius 3 is 1.71 bits per heavy atom. The zero-order valence-corrected chi connectivity index (χ0v) is 18.8. The van der Waals surface area contributed by atoms with Crippen molar-refractivity contribution in [2.24, 2.45) is 0 Å². The number of alkyl halides is 6. The molecule has 0 saturated carbocycles. The number of halogens is 6. The minimum absolute atomic E-state index is 0.226. The van der Waals surface area contributed by atoms with Crippen molar-refractivity contribution in [1.29, 1.82) is 0 Å². The van der Waals surface area contributed by atoms with Crippen molar-refractivity contribution >= 4 is 21.7 Å². The maximum absolute atomic E-state index is 12.9. The molecule has 4 aromatic carbocycles. The summed E-state index contributed by atoms with van der Waals surface area (Å²) in [6.07, 6.45) is -11.9. The summed E-state index contributed by atoms with van der Waals surface area (Å²) in [5.74, 6) is -0.226. The summed E-state index contributed by atoms with van der Waals surface area (Å²) in [4.78, 5) is 2.77. The zero-order valence-electron chi connectivity index (χ0n) is 18.0. The van der Waals surface area contributed by atoms with Crippen LogP contribution in [-0.2, 0) is 10.9 Å². The van der Waals surface area contributed by atoms with Gasteiger partial charge in [-0.3, -0.25) is 0 Å².